The first-order chi connectivity index (χ1) is 14.6. The van der Waals surface area contributed by atoms with Crippen molar-refractivity contribution in [3.05, 3.63) is 34.9 Å². The summed E-state index contributed by atoms with van der Waals surface area (Å²) < 4.78 is 4.67. The summed E-state index contributed by atoms with van der Waals surface area (Å²) in [5, 5.41) is 11.9. The standard InChI is InChI=1S/C24H37NO5S/c1-17(2)8-6-9-18(3)10-7-11-19(4)12-15-31-16-20(21(26)27)25-22(28)24(13-14-24)23(29)30-5/h8,10,12,20H,6-7,9,11,13-16H2,1-5H3,(H,25,28)(H,26,27). The zero-order valence-electron chi connectivity index (χ0n) is 19.5. The Kier molecular flexibility index (Phi) is 11.7. The van der Waals surface area contributed by atoms with Gasteiger partial charge in [0.15, 0.2) is 0 Å². The van der Waals surface area contributed by atoms with E-state index >= 15 is 0 Å². The number of carboxylic acids is 1. The number of methoxy groups -OCH3 is 1. The molecule has 0 aromatic heterocycles. The molecule has 1 fully saturated rings. The van der Waals surface area contributed by atoms with Crippen LogP contribution in [0.1, 0.15) is 66.2 Å². The molecular formula is C24H37NO5S. The Hall–Kier alpha value is -2.02. The van der Waals surface area contributed by atoms with Crippen molar-refractivity contribution >= 4 is 29.6 Å². The average molecular weight is 452 g/mol. The molecule has 1 aliphatic carbocycles. The molecular weight excluding hydrogens is 414 g/mol. The number of allylic oxidation sites excluding steroid dienone is 5. The van der Waals surface area contributed by atoms with E-state index in [0.717, 1.165) is 25.7 Å². The molecule has 0 radical (unpaired) electrons. The van der Waals surface area contributed by atoms with Crippen molar-refractivity contribution in [3.8, 4) is 0 Å². The van der Waals surface area contributed by atoms with Crippen LogP contribution < -0.4 is 5.32 Å². The second kappa shape index (κ2) is 13.4. The molecule has 1 rings (SSSR count). The summed E-state index contributed by atoms with van der Waals surface area (Å²) in [6, 6.07) is -1.03. The van der Waals surface area contributed by atoms with Gasteiger partial charge in [0.1, 0.15) is 11.5 Å². The normalized spacial score (nSPS) is 16.3. The second-order valence-corrected chi connectivity index (χ2v) is 9.51. The number of ether oxygens (including phenoxy) is 1. The molecule has 2 N–H and O–H groups in total. The van der Waals surface area contributed by atoms with Crippen LogP contribution in [0.15, 0.2) is 34.9 Å². The van der Waals surface area contributed by atoms with Crippen LogP contribution in [-0.4, -0.2) is 47.6 Å². The maximum absolute atomic E-state index is 12.4. The summed E-state index contributed by atoms with van der Waals surface area (Å²) in [7, 11) is 1.23. The smallest absolute Gasteiger partial charge is 0.327 e. The third kappa shape index (κ3) is 9.76. The van der Waals surface area contributed by atoms with Gasteiger partial charge in [-0.1, -0.05) is 34.9 Å². The average Bonchev–Trinajstić information content (AvgIpc) is 3.51. The summed E-state index contributed by atoms with van der Waals surface area (Å²) >= 11 is 1.45. The summed E-state index contributed by atoms with van der Waals surface area (Å²) in [6.07, 6.45) is 11.6. The van der Waals surface area contributed by atoms with Crippen molar-refractivity contribution < 1.29 is 24.2 Å². The molecule has 0 aromatic carbocycles. The lowest BCUT2D eigenvalue weighted by molar-refractivity contribution is -0.153. The van der Waals surface area contributed by atoms with Gasteiger partial charge in [-0.3, -0.25) is 9.59 Å². The maximum atomic E-state index is 12.4. The van der Waals surface area contributed by atoms with E-state index in [1.807, 2.05) is 0 Å². The van der Waals surface area contributed by atoms with E-state index in [4.69, 9.17) is 0 Å². The van der Waals surface area contributed by atoms with Gasteiger partial charge >= 0.3 is 11.9 Å². The van der Waals surface area contributed by atoms with Gasteiger partial charge in [-0.25, -0.2) is 4.79 Å². The second-order valence-electron chi connectivity index (χ2n) is 8.44. The number of carboxylic acid groups (broad SMARTS) is 1. The molecule has 31 heavy (non-hydrogen) atoms. The molecule has 0 bridgehead atoms. The van der Waals surface area contributed by atoms with Gasteiger partial charge < -0.3 is 15.2 Å². The minimum atomic E-state index is -1.19. The fourth-order valence-corrected chi connectivity index (χ4v) is 4.04. The molecule has 1 saturated carbocycles. The van der Waals surface area contributed by atoms with Crippen LogP contribution in [0.25, 0.3) is 0 Å². The third-order valence-corrected chi connectivity index (χ3v) is 6.29. The van der Waals surface area contributed by atoms with Gasteiger partial charge in [0.2, 0.25) is 5.91 Å². The SMILES string of the molecule is COC(=O)C1(C(=O)NC(CSCC=C(C)CCC=C(C)CCC=C(C)C)C(=O)O)CC1. The maximum Gasteiger partial charge on any atom is 0.327 e. The van der Waals surface area contributed by atoms with Crippen LogP contribution >= 0.6 is 11.8 Å². The van der Waals surface area contributed by atoms with Crippen molar-refractivity contribution in [2.75, 3.05) is 18.6 Å². The number of aliphatic carboxylic acids is 1. The molecule has 1 aliphatic rings. The van der Waals surface area contributed by atoms with Crippen LogP contribution in [0.2, 0.25) is 0 Å². The molecule has 0 aliphatic heterocycles. The highest BCUT2D eigenvalue weighted by molar-refractivity contribution is 7.99. The Balaban J connectivity index is 2.38. The van der Waals surface area contributed by atoms with E-state index in [0.29, 0.717) is 18.6 Å². The highest BCUT2D eigenvalue weighted by atomic mass is 32.2. The Morgan fingerprint density at radius 2 is 1.61 bits per heavy atom. The third-order valence-electron chi connectivity index (χ3n) is 5.32. The van der Waals surface area contributed by atoms with E-state index in [9.17, 15) is 19.5 Å². The molecule has 7 heteroatoms. The first-order valence-corrected chi connectivity index (χ1v) is 11.9. The summed E-state index contributed by atoms with van der Waals surface area (Å²) in [5.41, 5.74) is 2.82. The number of hydrogen-bond donors (Lipinski definition) is 2. The first-order valence-electron chi connectivity index (χ1n) is 10.8. The van der Waals surface area contributed by atoms with Crippen molar-refractivity contribution in [3.63, 3.8) is 0 Å². The van der Waals surface area contributed by atoms with Gasteiger partial charge in [-0.2, -0.15) is 11.8 Å². The minimum Gasteiger partial charge on any atom is -0.480 e. The van der Waals surface area contributed by atoms with Crippen LogP contribution in [0, 0.1) is 5.41 Å². The van der Waals surface area contributed by atoms with Crippen molar-refractivity contribution in [2.45, 2.75) is 72.3 Å². The number of rotatable bonds is 14. The number of nitrogens with one attached hydrogen (secondary N) is 1. The van der Waals surface area contributed by atoms with E-state index in [-0.39, 0.29) is 5.75 Å². The topological polar surface area (TPSA) is 92.7 Å². The molecule has 6 nitrogen and oxygen atoms in total. The summed E-state index contributed by atoms with van der Waals surface area (Å²) in [5.74, 6) is -1.33. The Morgan fingerprint density at radius 3 is 2.13 bits per heavy atom. The number of thioether (sulfide) groups is 1. The highest BCUT2D eigenvalue weighted by Crippen LogP contribution is 2.47. The van der Waals surface area contributed by atoms with Gasteiger partial charge in [0.25, 0.3) is 0 Å². The lowest BCUT2D eigenvalue weighted by Gasteiger charge is -2.18. The van der Waals surface area contributed by atoms with E-state index < -0.39 is 29.3 Å². The predicted molar refractivity (Wildman–Crippen MR) is 126 cm³/mol. The Bertz CT molecular complexity index is 730. The molecule has 0 saturated heterocycles. The van der Waals surface area contributed by atoms with Crippen molar-refractivity contribution in [2.24, 2.45) is 5.41 Å². The Labute approximate surface area is 190 Å². The van der Waals surface area contributed by atoms with Crippen LogP contribution in [-0.2, 0) is 19.1 Å². The number of hydrogen-bond acceptors (Lipinski definition) is 5. The molecule has 1 amide bonds. The lowest BCUT2D eigenvalue weighted by Crippen LogP contribution is -2.48. The van der Waals surface area contributed by atoms with Crippen LogP contribution in [0.3, 0.4) is 0 Å². The van der Waals surface area contributed by atoms with E-state index in [2.05, 4.69) is 56.0 Å². The first kappa shape index (κ1) is 27.0. The molecule has 1 unspecified atom stereocenters. The number of esters is 1. The van der Waals surface area contributed by atoms with Crippen LogP contribution in [0.5, 0.6) is 0 Å². The van der Waals surface area contributed by atoms with Gasteiger partial charge in [-0.15, -0.1) is 0 Å². The predicted octanol–water partition coefficient (Wildman–Crippen LogP) is 4.66. The van der Waals surface area contributed by atoms with Gasteiger partial charge in [0, 0.05) is 11.5 Å². The number of amides is 1. The summed E-state index contributed by atoms with van der Waals surface area (Å²) in [6.45, 7) is 8.48. The lowest BCUT2D eigenvalue weighted by atomic mass is 10.1. The molecule has 0 heterocycles. The molecule has 0 spiro atoms. The minimum absolute atomic E-state index is 0.242. The molecule has 174 valence electrons. The van der Waals surface area contributed by atoms with E-state index in [1.54, 1.807) is 0 Å². The van der Waals surface area contributed by atoms with Gasteiger partial charge in [-0.05, 0) is 66.2 Å². The zero-order chi connectivity index (χ0) is 23.4. The largest absolute Gasteiger partial charge is 0.480 e. The van der Waals surface area contributed by atoms with Gasteiger partial charge in [0.05, 0.1) is 7.11 Å². The monoisotopic (exact) mass is 451 g/mol. The fourth-order valence-electron chi connectivity index (χ4n) is 3.04. The van der Waals surface area contributed by atoms with Crippen molar-refractivity contribution in [1.29, 1.82) is 0 Å². The number of carbonyl (C=O) groups excluding carboxylic acids is 2. The fraction of sp³-hybridized carbons (Fsp3) is 0.625. The summed E-state index contributed by atoms with van der Waals surface area (Å²) in [4.78, 5) is 35.6. The number of carbonyl (C=O) groups is 3. The zero-order valence-corrected chi connectivity index (χ0v) is 20.3. The molecule has 1 atom stereocenters. The van der Waals surface area contributed by atoms with Crippen molar-refractivity contribution in [1.82, 2.24) is 5.32 Å². The highest BCUT2D eigenvalue weighted by Gasteiger charge is 2.58. The van der Waals surface area contributed by atoms with E-state index in [1.165, 1.54) is 35.6 Å². The quantitative estimate of drug-likeness (QED) is 0.173. The Morgan fingerprint density at radius 1 is 1.03 bits per heavy atom. The molecule has 0 aromatic rings. The van der Waals surface area contributed by atoms with Crippen LogP contribution in [0.4, 0.5) is 0 Å².